The summed E-state index contributed by atoms with van der Waals surface area (Å²) >= 11 is 0. The fourth-order valence-electron chi connectivity index (χ4n) is 1.06. The molecule has 74 valence electrons. The number of carbonyl (C=O) groups is 1. The summed E-state index contributed by atoms with van der Waals surface area (Å²) in [5.74, 6) is 1.42. The molecule has 0 heterocycles. The molecule has 13 heavy (non-hydrogen) atoms. The summed E-state index contributed by atoms with van der Waals surface area (Å²) in [6.07, 6.45) is 4.85. The van der Waals surface area contributed by atoms with Gasteiger partial charge in [-0.3, -0.25) is 4.79 Å². The van der Waals surface area contributed by atoms with Crippen LogP contribution in [0.25, 0.3) is 0 Å². The van der Waals surface area contributed by atoms with E-state index >= 15 is 0 Å². The van der Waals surface area contributed by atoms with Crippen LogP contribution in [0.3, 0.4) is 0 Å². The molecule has 0 spiro atoms. The van der Waals surface area contributed by atoms with Crippen molar-refractivity contribution in [3.05, 3.63) is 0 Å². The molecule has 1 atom stereocenters. The Bertz CT molecular complexity index is 216. The molecule has 4 heteroatoms. The molecule has 1 amide bonds. The topological polar surface area (TPSA) is 52.6 Å². The second kappa shape index (κ2) is 4.85. The van der Waals surface area contributed by atoms with Gasteiger partial charge in [0.25, 0.3) is 5.91 Å². The highest BCUT2D eigenvalue weighted by Crippen LogP contribution is 2.01. The van der Waals surface area contributed by atoms with Crippen LogP contribution in [0, 0.1) is 12.3 Å². The van der Waals surface area contributed by atoms with Crippen LogP contribution in [0.15, 0.2) is 0 Å². The number of terminal acetylenes is 1. The van der Waals surface area contributed by atoms with Gasteiger partial charge in [0.2, 0.25) is 0 Å². The molecule has 0 fully saturated rings. The largest absolute Gasteiger partial charge is 0.387 e. The third-order valence-electron chi connectivity index (χ3n) is 1.42. The molecular formula is C9H16N2O2. The molecule has 0 aromatic carbocycles. The van der Waals surface area contributed by atoms with Gasteiger partial charge in [0.15, 0.2) is 0 Å². The summed E-state index contributed by atoms with van der Waals surface area (Å²) in [5, 5.41) is 12.1. The summed E-state index contributed by atoms with van der Waals surface area (Å²) in [6, 6.07) is 0. The third kappa shape index (κ3) is 6.14. The van der Waals surface area contributed by atoms with Gasteiger partial charge in [-0.25, -0.2) is 0 Å². The molecule has 0 saturated carbocycles. The van der Waals surface area contributed by atoms with E-state index in [1.54, 1.807) is 6.92 Å². The van der Waals surface area contributed by atoms with Crippen LogP contribution in [0.5, 0.6) is 0 Å². The molecule has 0 saturated heterocycles. The minimum Gasteiger partial charge on any atom is -0.387 e. The zero-order valence-corrected chi connectivity index (χ0v) is 8.29. The van der Waals surface area contributed by atoms with Gasteiger partial charge in [0.05, 0.1) is 5.60 Å². The van der Waals surface area contributed by atoms with Gasteiger partial charge < -0.3 is 15.3 Å². The second-order valence-corrected chi connectivity index (χ2v) is 3.56. The van der Waals surface area contributed by atoms with Gasteiger partial charge in [-0.15, -0.1) is 6.42 Å². The number of likely N-dealkylation sites (N-methyl/N-ethyl adjacent to an activating group) is 1. The Labute approximate surface area is 78.9 Å². The summed E-state index contributed by atoms with van der Waals surface area (Å²) in [4.78, 5) is 12.5. The van der Waals surface area contributed by atoms with E-state index in [2.05, 4.69) is 5.32 Å². The van der Waals surface area contributed by atoms with E-state index in [0.717, 1.165) is 0 Å². The Morgan fingerprint density at radius 1 is 1.69 bits per heavy atom. The lowest BCUT2D eigenvalue weighted by molar-refractivity contribution is -0.116. The van der Waals surface area contributed by atoms with Gasteiger partial charge in [-0.1, -0.05) is 0 Å². The molecule has 0 bridgehead atoms. The summed E-state index contributed by atoms with van der Waals surface area (Å²) in [5.41, 5.74) is -0.948. The average molecular weight is 184 g/mol. The van der Waals surface area contributed by atoms with Crippen molar-refractivity contribution >= 4 is 5.91 Å². The number of amides is 1. The maximum atomic E-state index is 10.7. The molecule has 0 rings (SSSR count). The highest BCUT2D eigenvalue weighted by atomic mass is 16.3. The number of nitrogens with zero attached hydrogens (tertiary/aromatic N) is 1. The smallest absolute Gasteiger partial charge is 0.295 e. The summed E-state index contributed by atoms with van der Waals surface area (Å²) in [7, 11) is 3.69. The number of carbonyl (C=O) groups excluding carboxylic acids is 1. The van der Waals surface area contributed by atoms with Crippen LogP contribution in [-0.2, 0) is 4.79 Å². The van der Waals surface area contributed by atoms with Gasteiger partial charge >= 0.3 is 0 Å². The number of aliphatic hydroxyl groups is 1. The first kappa shape index (κ1) is 11.9. The van der Waals surface area contributed by atoms with E-state index in [1.807, 2.05) is 24.9 Å². The molecule has 0 aliphatic heterocycles. The first-order valence-electron chi connectivity index (χ1n) is 3.99. The van der Waals surface area contributed by atoms with Crippen LogP contribution >= 0.6 is 0 Å². The normalized spacial score (nSPS) is 14.8. The van der Waals surface area contributed by atoms with Gasteiger partial charge in [-0.05, 0) is 26.9 Å². The second-order valence-electron chi connectivity index (χ2n) is 3.56. The van der Waals surface area contributed by atoms with Crippen molar-refractivity contribution in [2.75, 3.05) is 27.2 Å². The Morgan fingerprint density at radius 3 is 2.62 bits per heavy atom. The summed E-state index contributed by atoms with van der Waals surface area (Å²) < 4.78 is 0. The molecule has 2 N–H and O–H groups in total. The highest BCUT2D eigenvalue weighted by molar-refractivity contribution is 5.92. The number of nitrogens with one attached hydrogen (secondary N) is 1. The minimum atomic E-state index is -0.948. The van der Waals surface area contributed by atoms with Gasteiger partial charge in [-0.2, -0.15) is 0 Å². The minimum absolute atomic E-state index is 0.161. The molecule has 0 aromatic rings. The molecule has 1 unspecified atom stereocenters. The van der Waals surface area contributed by atoms with Crippen molar-refractivity contribution in [3.63, 3.8) is 0 Å². The number of hydrogen-bond donors (Lipinski definition) is 2. The van der Waals surface area contributed by atoms with Crippen LogP contribution in [0.4, 0.5) is 0 Å². The van der Waals surface area contributed by atoms with Crippen LogP contribution in [0.1, 0.15) is 6.92 Å². The predicted molar refractivity (Wildman–Crippen MR) is 51.0 cm³/mol. The molecule has 0 aliphatic carbocycles. The van der Waals surface area contributed by atoms with E-state index < -0.39 is 11.5 Å². The van der Waals surface area contributed by atoms with Crippen LogP contribution < -0.4 is 5.32 Å². The van der Waals surface area contributed by atoms with Gasteiger partial charge in [0, 0.05) is 13.1 Å². The lowest BCUT2D eigenvalue weighted by Crippen LogP contribution is -2.46. The predicted octanol–water partition coefficient (Wildman–Crippen LogP) is -0.952. The SMILES string of the molecule is C#CC(=O)NCC(C)(O)CN(C)C. The monoisotopic (exact) mass is 184 g/mol. The standard InChI is InChI=1S/C9H16N2O2/c1-5-8(12)10-6-9(2,13)7-11(3)4/h1,13H,6-7H2,2-4H3,(H,10,12). The number of hydrogen-bond acceptors (Lipinski definition) is 3. The zero-order valence-electron chi connectivity index (χ0n) is 8.29. The van der Waals surface area contributed by atoms with Crippen molar-refractivity contribution in [2.45, 2.75) is 12.5 Å². The van der Waals surface area contributed by atoms with Crippen molar-refractivity contribution in [2.24, 2.45) is 0 Å². The number of rotatable bonds is 4. The highest BCUT2D eigenvalue weighted by Gasteiger charge is 2.21. The summed E-state index contributed by atoms with van der Waals surface area (Å²) in [6.45, 7) is 2.27. The van der Waals surface area contributed by atoms with E-state index in [-0.39, 0.29) is 6.54 Å². The Hall–Kier alpha value is -1.05. The fraction of sp³-hybridized carbons (Fsp3) is 0.667. The average Bonchev–Trinajstić information content (AvgIpc) is 1.98. The molecule has 0 radical (unpaired) electrons. The maximum Gasteiger partial charge on any atom is 0.295 e. The molecule has 0 aromatic heterocycles. The first-order valence-corrected chi connectivity index (χ1v) is 3.99. The Morgan fingerprint density at radius 2 is 2.23 bits per heavy atom. The van der Waals surface area contributed by atoms with Crippen LogP contribution in [-0.4, -0.2) is 48.7 Å². The molecular weight excluding hydrogens is 168 g/mol. The van der Waals surface area contributed by atoms with E-state index in [1.165, 1.54) is 0 Å². The van der Waals surface area contributed by atoms with Crippen molar-refractivity contribution < 1.29 is 9.90 Å². The Kier molecular flexibility index (Phi) is 4.46. The van der Waals surface area contributed by atoms with Crippen LogP contribution in [0.2, 0.25) is 0 Å². The van der Waals surface area contributed by atoms with Crippen molar-refractivity contribution in [1.82, 2.24) is 10.2 Å². The van der Waals surface area contributed by atoms with Crippen molar-refractivity contribution in [1.29, 1.82) is 0 Å². The van der Waals surface area contributed by atoms with E-state index in [0.29, 0.717) is 6.54 Å². The fourth-order valence-corrected chi connectivity index (χ4v) is 1.06. The van der Waals surface area contributed by atoms with E-state index in [4.69, 9.17) is 6.42 Å². The first-order chi connectivity index (χ1) is 5.87. The third-order valence-corrected chi connectivity index (χ3v) is 1.42. The van der Waals surface area contributed by atoms with Gasteiger partial charge in [0.1, 0.15) is 0 Å². The molecule has 0 aliphatic rings. The molecule has 4 nitrogen and oxygen atoms in total. The van der Waals surface area contributed by atoms with Crippen molar-refractivity contribution in [3.8, 4) is 12.3 Å². The Balaban J connectivity index is 3.90. The van der Waals surface area contributed by atoms with E-state index in [9.17, 15) is 9.90 Å². The zero-order chi connectivity index (χ0) is 10.5. The lowest BCUT2D eigenvalue weighted by Gasteiger charge is -2.26. The maximum absolute atomic E-state index is 10.7. The quantitative estimate of drug-likeness (QED) is 0.554. The lowest BCUT2D eigenvalue weighted by atomic mass is 10.1.